The number of benzene rings is 2. The van der Waals surface area contributed by atoms with Crippen molar-refractivity contribution in [3.63, 3.8) is 0 Å². The number of rotatable bonds is 3. The fourth-order valence-corrected chi connectivity index (χ4v) is 3.81. The van der Waals surface area contributed by atoms with Crippen LogP contribution < -0.4 is 5.32 Å². The summed E-state index contributed by atoms with van der Waals surface area (Å²) in [5.74, 6) is -0.902. The van der Waals surface area contributed by atoms with Crippen LogP contribution in [0.3, 0.4) is 0 Å². The van der Waals surface area contributed by atoms with E-state index >= 15 is 0 Å². The van der Waals surface area contributed by atoms with Crippen molar-refractivity contribution < 1.29 is 14.0 Å². The molecule has 134 valence electrons. The fourth-order valence-electron chi connectivity index (χ4n) is 2.34. The lowest BCUT2D eigenvalue weighted by Crippen LogP contribution is -2.43. The highest BCUT2D eigenvalue weighted by atomic mass is 79.9. The van der Waals surface area contributed by atoms with Gasteiger partial charge in [-0.15, -0.1) is 0 Å². The quantitative estimate of drug-likeness (QED) is 0.786. The van der Waals surface area contributed by atoms with E-state index in [1.165, 1.54) is 28.8 Å². The molecule has 0 aromatic heterocycles. The molecule has 0 saturated carbocycles. The molecule has 1 N–H and O–H groups in total. The van der Waals surface area contributed by atoms with Gasteiger partial charge in [0.25, 0.3) is 0 Å². The number of carbonyl (C=O) groups is 2. The van der Waals surface area contributed by atoms with Crippen molar-refractivity contribution in [1.82, 2.24) is 4.90 Å². The third kappa shape index (κ3) is 4.50. The second-order valence-electron chi connectivity index (χ2n) is 5.64. The van der Waals surface area contributed by atoms with Crippen LogP contribution in [0, 0.1) is 5.82 Å². The van der Waals surface area contributed by atoms with Gasteiger partial charge < -0.3 is 5.32 Å². The third-order valence-electron chi connectivity index (χ3n) is 3.69. The number of nitrogens with one attached hydrogen (secondary N) is 1. The van der Waals surface area contributed by atoms with Gasteiger partial charge in [0.1, 0.15) is 11.1 Å². The first-order valence-electron chi connectivity index (χ1n) is 7.76. The number of amidine groups is 1. The van der Waals surface area contributed by atoms with Gasteiger partial charge in [0.05, 0.1) is 5.69 Å². The average molecular weight is 436 g/mol. The van der Waals surface area contributed by atoms with Gasteiger partial charge in [-0.1, -0.05) is 39.8 Å². The maximum Gasteiger partial charge on any atom is 0.238 e. The molecule has 3 rings (SSSR count). The van der Waals surface area contributed by atoms with Crippen LogP contribution >= 0.6 is 27.7 Å². The van der Waals surface area contributed by atoms with Gasteiger partial charge in [-0.05, 0) is 36.4 Å². The maximum absolute atomic E-state index is 13.4. The minimum atomic E-state index is -0.606. The lowest BCUT2D eigenvalue weighted by Gasteiger charge is -2.28. The second-order valence-corrected chi connectivity index (χ2v) is 7.72. The highest BCUT2D eigenvalue weighted by molar-refractivity contribution is 9.10. The Labute approximate surface area is 162 Å². The van der Waals surface area contributed by atoms with E-state index in [2.05, 4.69) is 26.2 Å². The van der Waals surface area contributed by atoms with Crippen LogP contribution in [0.25, 0.3) is 0 Å². The molecule has 0 bridgehead atoms. The van der Waals surface area contributed by atoms with E-state index in [0.717, 1.165) is 4.47 Å². The van der Waals surface area contributed by atoms with Crippen LogP contribution in [0.5, 0.6) is 0 Å². The van der Waals surface area contributed by atoms with Crippen LogP contribution in [0.15, 0.2) is 58.0 Å². The van der Waals surface area contributed by atoms with E-state index in [1.54, 1.807) is 31.3 Å². The first-order chi connectivity index (χ1) is 12.4. The van der Waals surface area contributed by atoms with Crippen LogP contribution in [0.2, 0.25) is 0 Å². The van der Waals surface area contributed by atoms with E-state index in [-0.39, 0.29) is 18.2 Å². The highest BCUT2D eigenvalue weighted by Crippen LogP contribution is 2.29. The minimum absolute atomic E-state index is 0.0726. The van der Waals surface area contributed by atoms with Gasteiger partial charge in [-0.25, -0.2) is 9.38 Å². The number of carbonyl (C=O) groups excluding carboxylic acids is 2. The Hall–Kier alpha value is -2.19. The summed E-state index contributed by atoms with van der Waals surface area (Å²) in [7, 11) is 1.59. The summed E-state index contributed by atoms with van der Waals surface area (Å²) < 4.78 is 14.2. The van der Waals surface area contributed by atoms with E-state index in [1.807, 2.05) is 12.1 Å². The maximum atomic E-state index is 13.4. The standard InChI is InChI=1S/C18H15BrFN3O2S/c1-23-16(24)10-15(17(25)21-13-6-2-4-11(19)8-13)26-18(23)22-14-7-3-5-12(20)9-14/h2-9,15H,10H2,1H3,(H,21,25). The molecule has 2 aromatic rings. The Kier molecular flexibility index (Phi) is 5.73. The van der Waals surface area contributed by atoms with E-state index in [0.29, 0.717) is 16.5 Å². The Bertz CT molecular complexity index is 890. The largest absolute Gasteiger partial charge is 0.325 e. The van der Waals surface area contributed by atoms with Crippen LogP contribution in [0.1, 0.15) is 6.42 Å². The van der Waals surface area contributed by atoms with Crippen LogP contribution in [0.4, 0.5) is 15.8 Å². The Morgan fingerprint density at radius 3 is 2.81 bits per heavy atom. The van der Waals surface area contributed by atoms with E-state index in [4.69, 9.17) is 0 Å². The summed E-state index contributed by atoms with van der Waals surface area (Å²) in [6.07, 6.45) is 0.0726. The Morgan fingerprint density at radius 1 is 1.31 bits per heavy atom. The zero-order valence-corrected chi connectivity index (χ0v) is 16.2. The molecule has 1 fully saturated rings. The Morgan fingerprint density at radius 2 is 2.08 bits per heavy atom. The van der Waals surface area contributed by atoms with Gasteiger partial charge in [-0.3, -0.25) is 14.5 Å². The van der Waals surface area contributed by atoms with Crippen molar-refractivity contribution in [1.29, 1.82) is 0 Å². The molecule has 2 aromatic carbocycles. The smallest absolute Gasteiger partial charge is 0.238 e. The lowest BCUT2D eigenvalue weighted by molar-refractivity contribution is -0.128. The number of amides is 2. The molecule has 1 atom stereocenters. The monoisotopic (exact) mass is 435 g/mol. The lowest BCUT2D eigenvalue weighted by atomic mass is 10.2. The highest BCUT2D eigenvalue weighted by Gasteiger charge is 2.34. The van der Waals surface area contributed by atoms with Crippen molar-refractivity contribution in [2.45, 2.75) is 11.7 Å². The molecule has 1 aliphatic rings. The topological polar surface area (TPSA) is 61.8 Å². The molecular weight excluding hydrogens is 421 g/mol. The van der Waals surface area contributed by atoms with Crippen molar-refractivity contribution in [3.8, 4) is 0 Å². The number of halogens is 2. The summed E-state index contributed by atoms with van der Waals surface area (Å²) in [4.78, 5) is 30.5. The second kappa shape index (κ2) is 8.01. The third-order valence-corrected chi connectivity index (χ3v) is 5.42. The van der Waals surface area contributed by atoms with Gasteiger partial charge in [0.15, 0.2) is 5.17 Å². The number of hydrogen-bond donors (Lipinski definition) is 1. The molecule has 1 heterocycles. The van der Waals surface area contributed by atoms with Crippen LogP contribution in [-0.2, 0) is 9.59 Å². The number of nitrogens with zero attached hydrogens (tertiary/aromatic N) is 2. The molecule has 2 amide bonds. The zero-order chi connectivity index (χ0) is 18.7. The molecule has 8 heteroatoms. The molecule has 1 unspecified atom stereocenters. The van der Waals surface area contributed by atoms with Crippen molar-refractivity contribution in [3.05, 3.63) is 58.8 Å². The number of hydrogen-bond acceptors (Lipinski definition) is 4. The summed E-state index contributed by atoms with van der Waals surface area (Å²) in [5.41, 5.74) is 1.03. The molecule has 0 spiro atoms. The minimum Gasteiger partial charge on any atom is -0.325 e. The number of thioether (sulfide) groups is 1. The molecule has 1 saturated heterocycles. The summed E-state index contributed by atoms with van der Waals surface area (Å²) in [6.45, 7) is 0. The fraction of sp³-hybridized carbons (Fsp3) is 0.167. The van der Waals surface area contributed by atoms with Gasteiger partial charge in [-0.2, -0.15) is 0 Å². The summed E-state index contributed by atoms with van der Waals surface area (Å²) in [6, 6.07) is 13.0. The summed E-state index contributed by atoms with van der Waals surface area (Å²) >= 11 is 4.54. The first-order valence-corrected chi connectivity index (χ1v) is 9.43. The first kappa shape index (κ1) is 18.6. The van der Waals surface area contributed by atoms with Gasteiger partial charge in [0, 0.05) is 23.6 Å². The molecule has 5 nitrogen and oxygen atoms in total. The normalized spacial score (nSPS) is 18.9. The van der Waals surface area contributed by atoms with E-state index in [9.17, 15) is 14.0 Å². The number of anilines is 1. The Balaban J connectivity index is 1.79. The van der Waals surface area contributed by atoms with E-state index < -0.39 is 11.1 Å². The molecule has 0 radical (unpaired) electrons. The molecule has 0 aliphatic carbocycles. The van der Waals surface area contributed by atoms with Gasteiger partial charge in [0.2, 0.25) is 11.8 Å². The summed E-state index contributed by atoms with van der Waals surface area (Å²) in [5, 5.41) is 2.56. The zero-order valence-electron chi connectivity index (χ0n) is 13.8. The molecule has 1 aliphatic heterocycles. The predicted octanol–water partition coefficient (Wildman–Crippen LogP) is 4.18. The number of aliphatic imine (C=N–C) groups is 1. The molecule has 26 heavy (non-hydrogen) atoms. The van der Waals surface area contributed by atoms with Crippen molar-refractivity contribution in [2.24, 2.45) is 4.99 Å². The van der Waals surface area contributed by atoms with Gasteiger partial charge >= 0.3 is 0 Å². The predicted molar refractivity (Wildman–Crippen MR) is 105 cm³/mol. The SMILES string of the molecule is CN1C(=O)CC(C(=O)Nc2cccc(Br)c2)SC1=Nc1cccc(F)c1. The average Bonchev–Trinajstić information content (AvgIpc) is 2.59. The molecular formula is C18H15BrFN3O2S. The van der Waals surface area contributed by atoms with Crippen molar-refractivity contribution >= 4 is 56.0 Å². The van der Waals surface area contributed by atoms with Crippen LogP contribution in [-0.4, -0.2) is 34.2 Å². The van der Waals surface area contributed by atoms with Crippen molar-refractivity contribution in [2.75, 3.05) is 12.4 Å².